The molecule has 0 atom stereocenters. The van der Waals surface area contributed by atoms with Gasteiger partial charge in [-0.2, -0.15) is 0 Å². The third-order valence-electron chi connectivity index (χ3n) is 3.64. The lowest BCUT2D eigenvalue weighted by molar-refractivity contribution is -0.115. The number of hydrogen-bond donors (Lipinski definition) is 1. The number of thioether (sulfide) groups is 1. The molecule has 3 rings (SSSR count). The first-order valence-electron chi connectivity index (χ1n) is 7.70. The van der Waals surface area contributed by atoms with Gasteiger partial charge >= 0.3 is 0 Å². The summed E-state index contributed by atoms with van der Waals surface area (Å²) in [5.41, 5.74) is 3.06. The van der Waals surface area contributed by atoms with E-state index in [-0.39, 0.29) is 5.91 Å². The number of nitrogens with one attached hydrogen (secondary N) is 1. The Balaban J connectivity index is 1.76. The topological polar surface area (TPSA) is 50.7 Å². The Morgan fingerprint density at radius 1 is 1.12 bits per heavy atom. The molecule has 24 heavy (non-hydrogen) atoms. The molecule has 0 radical (unpaired) electrons. The zero-order valence-electron chi connectivity index (χ0n) is 13.6. The van der Waals surface area contributed by atoms with E-state index in [0.717, 1.165) is 23.4 Å². The molecule has 1 saturated heterocycles. The smallest absolute Gasteiger partial charge is 0.264 e. The van der Waals surface area contributed by atoms with Crippen molar-refractivity contribution in [1.29, 1.82) is 0 Å². The molecule has 1 N–H and O–H groups in total. The van der Waals surface area contributed by atoms with Crippen molar-refractivity contribution < 1.29 is 9.53 Å². The van der Waals surface area contributed by atoms with E-state index in [0.29, 0.717) is 10.1 Å². The van der Waals surface area contributed by atoms with Crippen molar-refractivity contribution >= 4 is 34.6 Å². The molecule has 1 fully saturated rings. The Labute approximate surface area is 145 Å². The monoisotopic (exact) mass is 338 g/mol. The molecule has 122 valence electrons. The molecule has 2 aromatic carbocycles. The molecular weight excluding hydrogens is 320 g/mol. The van der Waals surface area contributed by atoms with Crippen LogP contribution in [0.2, 0.25) is 0 Å². The van der Waals surface area contributed by atoms with Crippen LogP contribution in [0, 0.1) is 0 Å². The van der Waals surface area contributed by atoms with E-state index in [9.17, 15) is 4.79 Å². The summed E-state index contributed by atoms with van der Waals surface area (Å²) in [7, 11) is 1.62. The summed E-state index contributed by atoms with van der Waals surface area (Å²) >= 11 is 1.35. The van der Waals surface area contributed by atoms with Gasteiger partial charge in [0.2, 0.25) is 0 Å². The fraction of sp³-hybridized carbons (Fsp3) is 0.158. The second-order valence-corrected chi connectivity index (χ2v) is 6.31. The number of nitrogens with zero attached hydrogens (tertiary/aromatic N) is 1. The first-order valence-corrected chi connectivity index (χ1v) is 8.52. The number of amidine groups is 1. The van der Waals surface area contributed by atoms with Crippen LogP contribution in [0.1, 0.15) is 18.1 Å². The normalized spacial score (nSPS) is 17.3. The van der Waals surface area contributed by atoms with Crippen LogP contribution < -0.4 is 10.1 Å². The van der Waals surface area contributed by atoms with E-state index < -0.39 is 0 Å². The summed E-state index contributed by atoms with van der Waals surface area (Å²) in [6.07, 6.45) is 2.89. The molecule has 4 nitrogen and oxygen atoms in total. The van der Waals surface area contributed by atoms with Crippen molar-refractivity contribution in [3.05, 3.63) is 64.6 Å². The number of carbonyl (C=O) groups is 1. The molecule has 0 aliphatic carbocycles. The fourth-order valence-corrected chi connectivity index (χ4v) is 3.10. The first-order chi connectivity index (χ1) is 11.7. The number of hydrogen-bond acceptors (Lipinski definition) is 4. The Hall–Kier alpha value is -2.53. The van der Waals surface area contributed by atoms with Crippen LogP contribution in [0.25, 0.3) is 6.08 Å². The van der Waals surface area contributed by atoms with Crippen LogP contribution in [0.3, 0.4) is 0 Å². The highest BCUT2D eigenvalue weighted by atomic mass is 32.2. The van der Waals surface area contributed by atoms with Crippen molar-refractivity contribution in [3.63, 3.8) is 0 Å². The summed E-state index contributed by atoms with van der Waals surface area (Å²) in [6, 6.07) is 15.6. The van der Waals surface area contributed by atoms with E-state index in [4.69, 9.17) is 4.74 Å². The number of rotatable bonds is 4. The molecule has 0 saturated carbocycles. The number of benzene rings is 2. The van der Waals surface area contributed by atoms with Gasteiger partial charge in [0.1, 0.15) is 5.75 Å². The number of methoxy groups -OCH3 is 1. The molecule has 1 aliphatic heterocycles. The van der Waals surface area contributed by atoms with Gasteiger partial charge in [-0.25, -0.2) is 4.99 Å². The molecule has 1 amide bonds. The first kappa shape index (κ1) is 16.3. The molecule has 2 aromatic rings. The van der Waals surface area contributed by atoms with Crippen LogP contribution in [0.15, 0.2) is 58.4 Å². The summed E-state index contributed by atoms with van der Waals surface area (Å²) in [6.45, 7) is 2.12. The Morgan fingerprint density at radius 2 is 1.83 bits per heavy atom. The van der Waals surface area contributed by atoms with Gasteiger partial charge in [-0.15, -0.1) is 0 Å². The van der Waals surface area contributed by atoms with Crippen molar-refractivity contribution in [2.45, 2.75) is 13.3 Å². The fourth-order valence-electron chi connectivity index (χ4n) is 2.26. The highest BCUT2D eigenvalue weighted by Gasteiger charge is 2.23. The number of aryl methyl sites for hydroxylation is 1. The molecule has 0 spiro atoms. The van der Waals surface area contributed by atoms with Crippen molar-refractivity contribution in [2.75, 3.05) is 7.11 Å². The molecule has 0 bridgehead atoms. The summed E-state index contributed by atoms with van der Waals surface area (Å²) in [5, 5.41) is 3.38. The van der Waals surface area contributed by atoms with Gasteiger partial charge in [0.25, 0.3) is 5.91 Å². The highest BCUT2D eigenvalue weighted by molar-refractivity contribution is 8.18. The van der Waals surface area contributed by atoms with E-state index in [1.165, 1.54) is 17.3 Å². The lowest BCUT2D eigenvalue weighted by atomic mass is 10.1. The predicted octanol–water partition coefficient (Wildman–Crippen LogP) is 4.15. The maximum absolute atomic E-state index is 12.1. The molecule has 1 aliphatic rings. The zero-order valence-corrected chi connectivity index (χ0v) is 14.4. The third kappa shape index (κ3) is 3.86. The van der Waals surface area contributed by atoms with Crippen molar-refractivity contribution in [2.24, 2.45) is 4.99 Å². The summed E-state index contributed by atoms with van der Waals surface area (Å²) in [5.74, 6) is 0.657. The third-order valence-corrected chi connectivity index (χ3v) is 4.55. The maximum Gasteiger partial charge on any atom is 0.264 e. The lowest BCUT2D eigenvalue weighted by Gasteiger charge is -2.00. The van der Waals surface area contributed by atoms with Crippen molar-refractivity contribution in [1.82, 2.24) is 5.32 Å². The molecular formula is C19H18N2O2S. The Morgan fingerprint density at radius 3 is 2.46 bits per heavy atom. The standard InChI is InChI=1S/C19H18N2O2S/c1-3-13-4-6-14(7-5-13)12-17-18(22)21-19(24-17)20-15-8-10-16(23-2)11-9-15/h4-12H,3H2,1-2H3,(H,20,21,22)/b17-12-. The average molecular weight is 338 g/mol. The second-order valence-electron chi connectivity index (χ2n) is 5.27. The van der Waals surface area contributed by atoms with E-state index in [1.807, 2.05) is 42.5 Å². The van der Waals surface area contributed by atoms with Crippen LogP contribution in [-0.2, 0) is 11.2 Å². The van der Waals surface area contributed by atoms with Gasteiger partial charge in [0.15, 0.2) is 5.17 Å². The quantitative estimate of drug-likeness (QED) is 0.852. The van der Waals surface area contributed by atoms with Gasteiger partial charge in [0, 0.05) is 0 Å². The number of ether oxygens (including phenoxy) is 1. The molecule has 0 unspecified atom stereocenters. The van der Waals surface area contributed by atoms with Crippen molar-refractivity contribution in [3.8, 4) is 5.75 Å². The van der Waals surface area contributed by atoms with E-state index in [2.05, 4.69) is 29.4 Å². The number of amides is 1. The highest BCUT2D eigenvalue weighted by Crippen LogP contribution is 2.28. The zero-order chi connectivity index (χ0) is 16.9. The summed E-state index contributed by atoms with van der Waals surface area (Å²) < 4.78 is 5.12. The number of aliphatic imine (C=N–C) groups is 1. The van der Waals surface area contributed by atoms with Crippen LogP contribution >= 0.6 is 11.8 Å². The van der Waals surface area contributed by atoms with E-state index in [1.54, 1.807) is 7.11 Å². The van der Waals surface area contributed by atoms with Gasteiger partial charge in [-0.05, 0) is 59.7 Å². The lowest BCUT2D eigenvalue weighted by Crippen LogP contribution is -2.19. The SMILES string of the molecule is CCc1ccc(/C=C2\SC(=Nc3ccc(OC)cc3)NC2=O)cc1. The van der Waals surface area contributed by atoms with E-state index >= 15 is 0 Å². The minimum atomic E-state index is -0.119. The minimum Gasteiger partial charge on any atom is -0.497 e. The Bertz CT molecular complexity index is 793. The van der Waals surface area contributed by atoms with Gasteiger partial charge in [-0.3, -0.25) is 4.79 Å². The van der Waals surface area contributed by atoms with Gasteiger partial charge < -0.3 is 10.1 Å². The number of carbonyl (C=O) groups excluding carboxylic acids is 1. The summed E-state index contributed by atoms with van der Waals surface area (Å²) in [4.78, 5) is 17.2. The maximum atomic E-state index is 12.1. The van der Waals surface area contributed by atoms with Crippen LogP contribution in [-0.4, -0.2) is 18.2 Å². The molecule has 1 heterocycles. The second kappa shape index (κ2) is 7.36. The average Bonchev–Trinajstić information content (AvgIpc) is 2.95. The molecule has 5 heteroatoms. The Kier molecular flexibility index (Phi) is 5.01. The minimum absolute atomic E-state index is 0.119. The van der Waals surface area contributed by atoms with Crippen LogP contribution in [0.5, 0.6) is 5.75 Å². The molecule has 0 aromatic heterocycles. The van der Waals surface area contributed by atoms with Gasteiger partial charge in [-0.1, -0.05) is 31.2 Å². The largest absolute Gasteiger partial charge is 0.497 e. The van der Waals surface area contributed by atoms with Gasteiger partial charge in [0.05, 0.1) is 17.7 Å². The van der Waals surface area contributed by atoms with Crippen LogP contribution in [0.4, 0.5) is 5.69 Å². The predicted molar refractivity (Wildman–Crippen MR) is 99.6 cm³/mol.